The number of benzene rings is 2. The van der Waals surface area contributed by atoms with Gasteiger partial charge in [0.1, 0.15) is 0 Å². The van der Waals surface area contributed by atoms with Gasteiger partial charge in [0.2, 0.25) is 0 Å². The van der Waals surface area contributed by atoms with E-state index in [2.05, 4.69) is 22.8 Å². The molecule has 20 heavy (non-hydrogen) atoms. The molecule has 0 fully saturated rings. The highest BCUT2D eigenvalue weighted by Gasteiger charge is 2.03. The van der Waals surface area contributed by atoms with Crippen molar-refractivity contribution in [3.05, 3.63) is 53.1 Å². The third kappa shape index (κ3) is 4.13. The van der Waals surface area contributed by atoms with E-state index in [4.69, 9.17) is 23.8 Å². The van der Waals surface area contributed by atoms with E-state index < -0.39 is 0 Å². The van der Waals surface area contributed by atoms with Gasteiger partial charge in [-0.25, -0.2) is 0 Å². The number of aryl methyl sites for hydroxylation is 1. The van der Waals surface area contributed by atoms with E-state index in [1.165, 1.54) is 4.90 Å². The zero-order valence-electron chi connectivity index (χ0n) is 11.2. The molecule has 0 amide bonds. The van der Waals surface area contributed by atoms with Gasteiger partial charge in [0.05, 0.1) is 0 Å². The molecule has 2 nitrogen and oxygen atoms in total. The normalized spacial score (nSPS) is 10.2. The van der Waals surface area contributed by atoms with E-state index in [1.807, 2.05) is 43.5 Å². The first kappa shape index (κ1) is 15.2. The Balaban J connectivity index is 2.07. The number of hydrogen-bond acceptors (Lipinski definition) is 2. The minimum Gasteiger partial charge on any atom is -0.332 e. The fourth-order valence-corrected chi connectivity index (χ4v) is 2.57. The zero-order chi connectivity index (χ0) is 14.5. The second-order valence-corrected chi connectivity index (χ2v) is 5.99. The second kappa shape index (κ2) is 6.97. The summed E-state index contributed by atoms with van der Waals surface area (Å²) >= 11 is 13.0. The lowest BCUT2D eigenvalue weighted by Gasteiger charge is -2.13. The van der Waals surface area contributed by atoms with Crippen molar-refractivity contribution in [2.75, 3.05) is 16.9 Å². The molecule has 2 aromatic rings. The van der Waals surface area contributed by atoms with Crippen LogP contribution in [-0.2, 0) is 0 Å². The molecule has 2 aromatic carbocycles. The number of halogens is 1. The Morgan fingerprint density at radius 2 is 1.95 bits per heavy atom. The van der Waals surface area contributed by atoms with Gasteiger partial charge in [-0.15, -0.1) is 11.8 Å². The number of anilines is 2. The number of rotatable bonds is 3. The van der Waals surface area contributed by atoms with Crippen LogP contribution < -0.4 is 10.6 Å². The lowest BCUT2D eigenvalue weighted by Crippen LogP contribution is -2.19. The number of nitrogens with one attached hydrogen (secondary N) is 2. The monoisotopic (exact) mass is 322 g/mol. The Labute approximate surface area is 133 Å². The topological polar surface area (TPSA) is 24.1 Å². The smallest absolute Gasteiger partial charge is 0.175 e. The maximum atomic E-state index is 5.99. The summed E-state index contributed by atoms with van der Waals surface area (Å²) in [7, 11) is 0. The first-order chi connectivity index (χ1) is 9.58. The highest BCUT2D eigenvalue weighted by Crippen LogP contribution is 2.22. The molecule has 5 heteroatoms. The number of thioether (sulfide) groups is 1. The molecule has 2 N–H and O–H groups in total. The van der Waals surface area contributed by atoms with Crippen molar-refractivity contribution < 1.29 is 0 Å². The van der Waals surface area contributed by atoms with Crippen LogP contribution in [0.4, 0.5) is 11.4 Å². The van der Waals surface area contributed by atoms with Crippen LogP contribution >= 0.6 is 35.6 Å². The van der Waals surface area contributed by atoms with Crippen LogP contribution in [0.15, 0.2) is 47.4 Å². The first-order valence-corrected chi connectivity index (χ1v) is 8.08. The second-order valence-electron chi connectivity index (χ2n) is 4.27. The van der Waals surface area contributed by atoms with E-state index >= 15 is 0 Å². The van der Waals surface area contributed by atoms with Crippen molar-refractivity contribution in [1.82, 2.24) is 0 Å². The van der Waals surface area contributed by atoms with Crippen molar-refractivity contribution in [1.29, 1.82) is 0 Å². The SMILES string of the molecule is CSc1cccc(NC(=S)Nc2cc(Cl)ccc2C)c1. The van der Waals surface area contributed by atoms with Crippen molar-refractivity contribution in [2.45, 2.75) is 11.8 Å². The standard InChI is InChI=1S/C15H15ClN2S2/c1-10-6-7-11(16)8-14(10)18-15(19)17-12-4-3-5-13(9-12)20-2/h3-9H,1-2H3,(H2,17,18,19). The molecule has 0 aliphatic rings. The molecule has 0 aliphatic carbocycles. The zero-order valence-corrected chi connectivity index (χ0v) is 13.6. The Bertz CT molecular complexity index is 629. The van der Waals surface area contributed by atoms with E-state index in [1.54, 1.807) is 11.8 Å². The molecule has 0 saturated heterocycles. The Morgan fingerprint density at radius 1 is 1.15 bits per heavy atom. The van der Waals surface area contributed by atoms with Gasteiger partial charge in [-0.1, -0.05) is 23.7 Å². The van der Waals surface area contributed by atoms with Crippen molar-refractivity contribution in [2.24, 2.45) is 0 Å². The molecule has 2 rings (SSSR count). The average Bonchev–Trinajstić information content (AvgIpc) is 2.43. The minimum absolute atomic E-state index is 0.550. The van der Waals surface area contributed by atoms with Crippen molar-refractivity contribution in [3.8, 4) is 0 Å². The molecule has 0 atom stereocenters. The molecule has 0 bridgehead atoms. The van der Waals surface area contributed by atoms with Gasteiger partial charge in [-0.05, 0) is 61.3 Å². The van der Waals surface area contributed by atoms with E-state index in [0.29, 0.717) is 10.1 Å². The minimum atomic E-state index is 0.550. The third-order valence-electron chi connectivity index (χ3n) is 2.78. The fourth-order valence-electron chi connectivity index (χ4n) is 1.71. The predicted octanol–water partition coefficient (Wildman–Crippen LogP) is 5.18. The Hall–Kier alpha value is -1.23. The molecule has 0 saturated carbocycles. The van der Waals surface area contributed by atoms with Crippen LogP contribution in [0.5, 0.6) is 0 Å². The fraction of sp³-hybridized carbons (Fsp3) is 0.133. The Kier molecular flexibility index (Phi) is 5.29. The van der Waals surface area contributed by atoms with Crippen LogP contribution in [0.2, 0.25) is 5.02 Å². The summed E-state index contributed by atoms with van der Waals surface area (Å²) in [5.41, 5.74) is 2.97. The quantitative estimate of drug-likeness (QED) is 0.600. The molecule has 104 valence electrons. The molecule has 0 radical (unpaired) electrons. The van der Waals surface area contributed by atoms with Crippen molar-refractivity contribution in [3.63, 3.8) is 0 Å². The lowest BCUT2D eigenvalue weighted by atomic mass is 10.2. The lowest BCUT2D eigenvalue weighted by molar-refractivity contribution is 1.44. The average molecular weight is 323 g/mol. The van der Waals surface area contributed by atoms with Gasteiger partial charge in [0.25, 0.3) is 0 Å². The van der Waals surface area contributed by atoms with Crippen LogP contribution in [0.25, 0.3) is 0 Å². The summed E-state index contributed by atoms with van der Waals surface area (Å²) in [6, 6.07) is 13.8. The molecule has 0 aromatic heterocycles. The summed E-state index contributed by atoms with van der Waals surface area (Å²) < 4.78 is 0. The van der Waals surface area contributed by atoms with Crippen LogP contribution in [-0.4, -0.2) is 11.4 Å². The third-order valence-corrected chi connectivity index (χ3v) is 3.94. The highest BCUT2D eigenvalue weighted by molar-refractivity contribution is 7.98. The maximum absolute atomic E-state index is 5.99. The van der Waals surface area contributed by atoms with Gasteiger partial charge in [0.15, 0.2) is 5.11 Å². The summed E-state index contributed by atoms with van der Waals surface area (Å²) in [5, 5.41) is 7.58. The largest absolute Gasteiger partial charge is 0.332 e. The van der Waals surface area contributed by atoms with Gasteiger partial charge in [0, 0.05) is 21.3 Å². The van der Waals surface area contributed by atoms with Gasteiger partial charge >= 0.3 is 0 Å². The first-order valence-electron chi connectivity index (χ1n) is 6.06. The highest BCUT2D eigenvalue weighted by atomic mass is 35.5. The molecule has 0 aliphatic heterocycles. The van der Waals surface area contributed by atoms with E-state index in [0.717, 1.165) is 16.9 Å². The van der Waals surface area contributed by atoms with Gasteiger partial charge in [-0.3, -0.25) is 0 Å². The molecular formula is C15H15ClN2S2. The Morgan fingerprint density at radius 3 is 2.70 bits per heavy atom. The number of thiocarbonyl (C=S) groups is 1. The molecule has 0 heterocycles. The van der Waals surface area contributed by atoms with E-state index in [-0.39, 0.29) is 0 Å². The maximum Gasteiger partial charge on any atom is 0.175 e. The van der Waals surface area contributed by atoms with Crippen molar-refractivity contribution >= 4 is 52.1 Å². The summed E-state index contributed by atoms with van der Waals surface area (Å²) in [6.07, 6.45) is 2.05. The van der Waals surface area contributed by atoms with Crippen LogP contribution in [0.1, 0.15) is 5.56 Å². The van der Waals surface area contributed by atoms with Gasteiger partial charge in [-0.2, -0.15) is 0 Å². The summed E-state index contributed by atoms with van der Waals surface area (Å²) in [5.74, 6) is 0. The molecule has 0 spiro atoms. The van der Waals surface area contributed by atoms with Crippen LogP contribution in [0, 0.1) is 6.92 Å². The summed E-state index contributed by atoms with van der Waals surface area (Å²) in [6.45, 7) is 2.01. The van der Waals surface area contributed by atoms with Gasteiger partial charge < -0.3 is 10.6 Å². The predicted molar refractivity (Wildman–Crippen MR) is 94.3 cm³/mol. The number of hydrogen-bond donors (Lipinski definition) is 2. The molecular weight excluding hydrogens is 308 g/mol. The summed E-state index contributed by atoms with van der Waals surface area (Å²) in [4.78, 5) is 1.19. The molecule has 0 unspecified atom stereocenters. The van der Waals surface area contributed by atoms with Crippen LogP contribution in [0.3, 0.4) is 0 Å². The van der Waals surface area contributed by atoms with E-state index in [9.17, 15) is 0 Å².